The van der Waals surface area contributed by atoms with Crippen molar-refractivity contribution in [2.75, 3.05) is 70.3 Å². The van der Waals surface area contributed by atoms with Gasteiger partial charge in [0, 0.05) is 64.3 Å². The van der Waals surface area contributed by atoms with Gasteiger partial charge in [-0.25, -0.2) is 0 Å². The Kier molecular flexibility index (Phi) is 6.82. The fourth-order valence-corrected chi connectivity index (χ4v) is 3.39. The van der Waals surface area contributed by atoms with Crippen molar-refractivity contribution < 1.29 is 9.47 Å². The first-order chi connectivity index (χ1) is 13.2. The fourth-order valence-electron chi connectivity index (χ4n) is 3.39. The molecule has 27 heavy (non-hydrogen) atoms. The summed E-state index contributed by atoms with van der Waals surface area (Å²) in [4.78, 5) is 7.04. The summed E-state index contributed by atoms with van der Waals surface area (Å²) in [5, 5.41) is 0. The van der Waals surface area contributed by atoms with Gasteiger partial charge in [-0.2, -0.15) is 0 Å². The Balaban J connectivity index is 1.40. The molecule has 0 unspecified atom stereocenters. The molecule has 0 amide bonds. The molecule has 1 aliphatic heterocycles. The van der Waals surface area contributed by atoms with Crippen LogP contribution in [-0.2, 0) is 0 Å². The largest absolute Gasteiger partial charge is 0.493 e. The van der Waals surface area contributed by atoms with Crippen LogP contribution < -0.4 is 19.3 Å². The number of para-hydroxylation sites is 1. The minimum absolute atomic E-state index is 0.705. The Morgan fingerprint density at radius 3 is 2.33 bits per heavy atom. The molecule has 0 saturated carbocycles. The molecule has 0 spiro atoms. The van der Waals surface area contributed by atoms with Crippen molar-refractivity contribution in [3.63, 3.8) is 0 Å². The quantitative estimate of drug-likeness (QED) is 0.666. The van der Waals surface area contributed by atoms with Gasteiger partial charge < -0.3 is 19.3 Å². The summed E-state index contributed by atoms with van der Waals surface area (Å²) < 4.78 is 11.4. The van der Waals surface area contributed by atoms with Crippen LogP contribution in [0.25, 0.3) is 0 Å². The molecule has 1 heterocycles. The Hall–Kier alpha value is -2.40. The standard InChI is InChI=1S/C22H31N3O2/c1-23(2)20-10-11-21(22(18-20)26-3)27-17-7-12-24-13-15-25(16-14-24)19-8-5-4-6-9-19/h4-6,8-11,18H,7,12-17H2,1-3H3. The van der Waals surface area contributed by atoms with Crippen LogP contribution in [0.15, 0.2) is 48.5 Å². The minimum Gasteiger partial charge on any atom is -0.493 e. The van der Waals surface area contributed by atoms with Gasteiger partial charge in [-0.15, -0.1) is 0 Å². The molecule has 0 aromatic heterocycles. The molecule has 2 aromatic carbocycles. The van der Waals surface area contributed by atoms with Gasteiger partial charge in [0.2, 0.25) is 0 Å². The van der Waals surface area contributed by atoms with Crippen molar-refractivity contribution in [2.45, 2.75) is 6.42 Å². The fraction of sp³-hybridized carbons (Fsp3) is 0.455. The molecule has 1 saturated heterocycles. The van der Waals surface area contributed by atoms with E-state index in [9.17, 15) is 0 Å². The van der Waals surface area contributed by atoms with Crippen molar-refractivity contribution >= 4 is 11.4 Å². The maximum atomic E-state index is 5.96. The zero-order chi connectivity index (χ0) is 19.1. The second-order valence-corrected chi connectivity index (χ2v) is 7.10. The summed E-state index contributed by atoms with van der Waals surface area (Å²) in [5.41, 5.74) is 2.43. The van der Waals surface area contributed by atoms with Crippen molar-refractivity contribution in [1.29, 1.82) is 0 Å². The van der Waals surface area contributed by atoms with Gasteiger partial charge in [0.25, 0.3) is 0 Å². The molecule has 1 aliphatic rings. The molecule has 1 fully saturated rings. The predicted octanol–water partition coefficient (Wildman–Crippen LogP) is 3.35. The second-order valence-electron chi connectivity index (χ2n) is 7.10. The minimum atomic E-state index is 0.705. The van der Waals surface area contributed by atoms with E-state index in [-0.39, 0.29) is 0 Å². The lowest BCUT2D eigenvalue weighted by molar-refractivity contribution is 0.221. The van der Waals surface area contributed by atoms with Crippen molar-refractivity contribution in [2.24, 2.45) is 0 Å². The summed E-state index contributed by atoms with van der Waals surface area (Å²) >= 11 is 0. The smallest absolute Gasteiger partial charge is 0.162 e. The molecule has 5 nitrogen and oxygen atoms in total. The monoisotopic (exact) mass is 369 g/mol. The van der Waals surface area contributed by atoms with E-state index in [1.54, 1.807) is 7.11 Å². The first kappa shape index (κ1) is 19.4. The Bertz CT molecular complexity index is 698. The van der Waals surface area contributed by atoms with E-state index in [0.717, 1.165) is 56.3 Å². The maximum Gasteiger partial charge on any atom is 0.162 e. The first-order valence-corrected chi connectivity index (χ1v) is 9.68. The van der Waals surface area contributed by atoms with Gasteiger partial charge >= 0.3 is 0 Å². The number of anilines is 2. The number of methoxy groups -OCH3 is 1. The third kappa shape index (κ3) is 5.30. The maximum absolute atomic E-state index is 5.96. The molecule has 0 N–H and O–H groups in total. The number of hydrogen-bond donors (Lipinski definition) is 0. The molecule has 2 aromatic rings. The number of piperazine rings is 1. The number of nitrogens with zero attached hydrogens (tertiary/aromatic N) is 3. The zero-order valence-electron chi connectivity index (χ0n) is 16.7. The van der Waals surface area contributed by atoms with Crippen molar-refractivity contribution in [1.82, 2.24) is 4.90 Å². The van der Waals surface area contributed by atoms with Crippen LogP contribution in [0.1, 0.15) is 6.42 Å². The van der Waals surface area contributed by atoms with Gasteiger partial charge in [0.15, 0.2) is 11.5 Å². The van der Waals surface area contributed by atoms with E-state index >= 15 is 0 Å². The lowest BCUT2D eigenvalue weighted by atomic mass is 10.2. The van der Waals surface area contributed by atoms with Crippen LogP contribution in [0.2, 0.25) is 0 Å². The average Bonchev–Trinajstić information content (AvgIpc) is 2.72. The van der Waals surface area contributed by atoms with Gasteiger partial charge in [0.1, 0.15) is 0 Å². The molecule has 0 bridgehead atoms. The molecular formula is C22H31N3O2. The highest BCUT2D eigenvalue weighted by Crippen LogP contribution is 2.31. The highest BCUT2D eigenvalue weighted by Gasteiger charge is 2.16. The molecule has 5 heteroatoms. The van der Waals surface area contributed by atoms with Crippen LogP contribution in [0.4, 0.5) is 11.4 Å². The number of hydrogen-bond acceptors (Lipinski definition) is 5. The number of benzene rings is 2. The second kappa shape index (κ2) is 9.51. The molecule has 0 atom stereocenters. The SMILES string of the molecule is COc1cc(N(C)C)ccc1OCCCN1CCN(c2ccccc2)CC1. The third-order valence-electron chi connectivity index (χ3n) is 5.03. The molecule has 3 rings (SSSR count). The average molecular weight is 370 g/mol. The van der Waals surface area contributed by atoms with E-state index < -0.39 is 0 Å². The number of rotatable bonds is 8. The van der Waals surface area contributed by atoms with Crippen LogP contribution >= 0.6 is 0 Å². The Morgan fingerprint density at radius 1 is 0.926 bits per heavy atom. The van der Waals surface area contributed by atoms with Crippen LogP contribution in [0.5, 0.6) is 11.5 Å². The summed E-state index contributed by atoms with van der Waals surface area (Å²) in [5.74, 6) is 1.61. The van der Waals surface area contributed by atoms with E-state index in [1.165, 1.54) is 5.69 Å². The van der Waals surface area contributed by atoms with Gasteiger partial charge in [0.05, 0.1) is 13.7 Å². The summed E-state index contributed by atoms with van der Waals surface area (Å²) in [6.07, 6.45) is 1.02. The third-order valence-corrected chi connectivity index (χ3v) is 5.03. The molecular weight excluding hydrogens is 338 g/mol. The molecule has 146 valence electrons. The highest BCUT2D eigenvalue weighted by molar-refractivity contribution is 5.55. The van der Waals surface area contributed by atoms with Gasteiger partial charge in [-0.3, -0.25) is 4.90 Å². The normalized spacial score (nSPS) is 14.9. The van der Waals surface area contributed by atoms with E-state index in [1.807, 2.05) is 26.2 Å². The van der Waals surface area contributed by atoms with Crippen LogP contribution in [-0.4, -0.2) is 65.4 Å². The zero-order valence-corrected chi connectivity index (χ0v) is 16.7. The van der Waals surface area contributed by atoms with Crippen molar-refractivity contribution in [3.05, 3.63) is 48.5 Å². The van der Waals surface area contributed by atoms with E-state index in [4.69, 9.17) is 9.47 Å². The Labute approximate surface area is 163 Å². The molecule has 0 aliphatic carbocycles. The lowest BCUT2D eigenvalue weighted by Gasteiger charge is -2.36. The lowest BCUT2D eigenvalue weighted by Crippen LogP contribution is -2.46. The molecule has 0 radical (unpaired) electrons. The van der Waals surface area contributed by atoms with Crippen molar-refractivity contribution in [3.8, 4) is 11.5 Å². The summed E-state index contributed by atoms with van der Waals surface area (Å²) in [7, 11) is 5.73. The topological polar surface area (TPSA) is 28.2 Å². The van der Waals surface area contributed by atoms with Gasteiger partial charge in [-0.05, 0) is 30.7 Å². The summed E-state index contributed by atoms with van der Waals surface area (Å²) in [6, 6.07) is 16.7. The van der Waals surface area contributed by atoms with Crippen LogP contribution in [0.3, 0.4) is 0 Å². The first-order valence-electron chi connectivity index (χ1n) is 9.68. The predicted molar refractivity (Wildman–Crippen MR) is 113 cm³/mol. The number of ether oxygens (including phenoxy) is 2. The van der Waals surface area contributed by atoms with Crippen LogP contribution in [0, 0.1) is 0 Å². The van der Waals surface area contributed by atoms with E-state index in [2.05, 4.69) is 51.1 Å². The van der Waals surface area contributed by atoms with Gasteiger partial charge in [-0.1, -0.05) is 18.2 Å². The summed E-state index contributed by atoms with van der Waals surface area (Å²) in [6.45, 7) is 6.16. The Morgan fingerprint density at radius 2 is 1.67 bits per heavy atom. The highest BCUT2D eigenvalue weighted by atomic mass is 16.5. The van der Waals surface area contributed by atoms with E-state index in [0.29, 0.717) is 6.61 Å².